The average Bonchev–Trinajstić information content (AvgIpc) is 0.778. The van der Waals surface area contributed by atoms with E-state index in [2.05, 4.69) is 390 Å². The lowest BCUT2D eigenvalue weighted by molar-refractivity contribution is 0.572. The van der Waals surface area contributed by atoms with Gasteiger partial charge >= 0.3 is 0 Å². The van der Waals surface area contributed by atoms with Crippen molar-refractivity contribution in [2.75, 3.05) is 19.6 Å². The van der Waals surface area contributed by atoms with Gasteiger partial charge in [-0.25, -0.2) is 0 Å². The second-order valence-electron chi connectivity index (χ2n) is 35.9. The first-order chi connectivity index (χ1) is 57.6. The highest BCUT2D eigenvalue weighted by Crippen LogP contribution is 2.55. The molecule has 0 radical (unpaired) electrons. The van der Waals surface area contributed by atoms with E-state index < -0.39 is 16.1 Å². The number of hydrogen-bond donors (Lipinski definition) is 0. The highest BCUT2D eigenvalue weighted by atomic mass is 32.1. The third kappa shape index (κ3) is 8.72. The van der Waals surface area contributed by atoms with Crippen LogP contribution in [0.4, 0.5) is 68.2 Å². The van der Waals surface area contributed by atoms with Gasteiger partial charge in [0.05, 0.1) is 17.1 Å². The predicted molar refractivity (Wildman–Crippen MR) is 512 cm³/mol. The number of benzene rings is 16. The van der Waals surface area contributed by atoms with Gasteiger partial charge in [-0.3, -0.25) is 0 Å². The molecular formula is C106H76B2N4O2S2Si2. The highest BCUT2D eigenvalue weighted by Gasteiger charge is 2.57. The van der Waals surface area contributed by atoms with Gasteiger partial charge in [0.15, 0.2) is 11.2 Å². The second kappa shape index (κ2) is 23.6. The van der Waals surface area contributed by atoms with Crippen LogP contribution in [0.5, 0.6) is 0 Å². The molecule has 1 unspecified atom stereocenters. The number of furan rings is 2. The van der Waals surface area contributed by atoms with E-state index in [1.165, 1.54) is 166 Å². The molecule has 558 valence electrons. The Hall–Kier alpha value is -12.7. The first-order valence-electron chi connectivity index (χ1n) is 41.5. The molecule has 1 atom stereocenters. The number of rotatable bonds is 7. The normalized spacial score (nSPS) is 15.8. The predicted octanol–water partition coefficient (Wildman–Crippen LogP) is 21.5. The smallest absolute Gasteiger partial charge is 0.251 e. The van der Waals surface area contributed by atoms with Crippen LogP contribution in [-0.2, 0) is 10.8 Å². The van der Waals surface area contributed by atoms with Crippen molar-refractivity contribution in [2.45, 2.75) is 65.5 Å². The SMILES string of the molecule is CC(C)(C)c1cccc2c1oc1c(N3c4cccc5c4B4c6c(cccc6[Si]5(C)c5ccccc5)N(c5cccc6c5oc5c(C(C)(C)C)cccc56)c5c(-c6cccc([Si]7(C)c8cccc9c8B8c%10c(cccc%10N(c%10ccc%11c(c%10)sc%10ccccc%10%11)c%10cccc7c%108)N9c7ccc8c(c7)sc7ccccc78)c6)ccc3c54)cccc12. The van der Waals surface area contributed by atoms with Crippen LogP contribution in [0.2, 0.25) is 13.1 Å². The molecule has 12 heteroatoms. The summed E-state index contributed by atoms with van der Waals surface area (Å²) in [6.07, 6.45) is 0. The van der Waals surface area contributed by atoms with Gasteiger partial charge in [0.1, 0.15) is 27.3 Å². The summed E-state index contributed by atoms with van der Waals surface area (Å²) in [5.74, 6) is 0. The van der Waals surface area contributed by atoms with Crippen LogP contribution in [0.25, 0.3) is 95.3 Å². The van der Waals surface area contributed by atoms with Crippen molar-refractivity contribution >= 4 is 269 Å². The minimum absolute atomic E-state index is 0.0333. The van der Waals surface area contributed by atoms with Gasteiger partial charge in [0.2, 0.25) is 0 Å². The summed E-state index contributed by atoms with van der Waals surface area (Å²) in [5, 5.41) is 18.2. The van der Waals surface area contributed by atoms with E-state index in [1.807, 2.05) is 22.7 Å². The molecule has 0 bridgehead atoms. The second-order valence-corrected chi connectivity index (χ2v) is 45.9. The van der Waals surface area contributed by atoms with Crippen LogP contribution in [-0.4, -0.2) is 29.6 Å². The number of para-hydroxylation sites is 4. The molecule has 4 aromatic heterocycles. The van der Waals surface area contributed by atoms with Gasteiger partial charge in [-0.05, 0) is 151 Å². The minimum Gasteiger partial charge on any atom is -0.454 e. The van der Waals surface area contributed by atoms with Crippen molar-refractivity contribution in [1.29, 1.82) is 0 Å². The lowest BCUT2D eigenvalue weighted by Gasteiger charge is -2.51. The summed E-state index contributed by atoms with van der Waals surface area (Å²) in [4.78, 5) is 10.6. The molecule has 16 aromatic carbocycles. The van der Waals surface area contributed by atoms with Gasteiger partial charge in [0.25, 0.3) is 13.4 Å². The summed E-state index contributed by atoms with van der Waals surface area (Å²) in [6.45, 7) is 19.0. The molecular weight excluding hydrogens is 1500 g/mol. The first-order valence-corrected chi connectivity index (χ1v) is 48.2. The Morgan fingerprint density at radius 1 is 0.271 bits per heavy atom. The fourth-order valence-electron chi connectivity index (χ4n) is 22.7. The molecule has 0 saturated carbocycles. The van der Waals surface area contributed by atoms with E-state index in [-0.39, 0.29) is 24.3 Å². The Labute approximate surface area is 694 Å². The van der Waals surface area contributed by atoms with E-state index in [1.54, 1.807) is 0 Å². The molecule has 118 heavy (non-hydrogen) atoms. The summed E-state index contributed by atoms with van der Waals surface area (Å²) in [5.41, 5.74) is 30.2. The molecule has 6 aliphatic heterocycles. The van der Waals surface area contributed by atoms with E-state index in [9.17, 15) is 0 Å². The topological polar surface area (TPSA) is 39.2 Å². The largest absolute Gasteiger partial charge is 0.454 e. The Morgan fingerprint density at radius 2 is 0.636 bits per heavy atom. The maximum absolute atomic E-state index is 7.70. The summed E-state index contributed by atoms with van der Waals surface area (Å²) >= 11 is 3.79. The van der Waals surface area contributed by atoms with Crippen molar-refractivity contribution in [1.82, 2.24) is 0 Å². The van der Waals surface area contributed by atoms with Crippen molar-refractivity contribution in [3.63, 3.8) is 0 Å². The van der Waals surface area contributed by atoms with Crippen molar-refractivity contribution in [3.8, 4) is 11.1 Å². The number of thiophene rings is 2. The zero-order valence-electron chi connectivity index (χ0n) is 66.6. The van der Waals surface area contributed by atoms with Crippen LogP contribution in [0.15, 0.2) is 324 Å². The first kappa shape index (κ1) is 67.5. The molecule has 0 N–H and O–H groups in total. The molecule has 6 aliphatic rings. The summed E-state index contributed by atoms with van der Waals surface area (Å²) in [6, 6.07) is 122. The summed E-state index contributed by atoms with van der Waals surface area (Å²) in [7, 11) is -6.05. The number of anilines is 12. The number of fused-ring (bicyclic) bond motifs is 12. The van der Waals surface area contributed by atoms with Crippen molar-refractivity contribution in [2.24, 2.45) is 0 Å². The highest BCUT2D eigenvalue weighted by molar-refractivity contribution is 7.26. The van der Waals surface area contributed by atoms with Gasteiger partial charge in [-0.15, -0.1) is 22.7 Å². The summed E-state index contributed by atoms with van der Waals surface area (Å²) < 4.78 is 20.5. The zero-order chi connectivity index (χ0) is 78.5. The molecule has 10 heterocycles. The van der Waals surface area contributed by atoms with E-state index >= 15 is 0 Å². The lowest BCUT2D eigenvalue weighted by Crippen LogP contribution is -2.83. The Balaban J connectivity index is 0.754. The fraction of sp³-hybridized carbons (Fsp3) is 0.0943. The molecule has 0 amide bonds. The van der Waals surface area contributed by atoms with Crippen LogP contribution in [0, 0.1) is 0 Å². The van der Waals surface area contributed by atoms with Gasteiger partial charge in [-0.2, -0.15) is 0 Å². The molecule has 6 nitrogen and oxygen atoms in total. The van der Waals surface area contributed by atoms with Gasteiger partial charge in [-0.1, -0.05) is 300 Å². The zero-order valence-corrected chi connectivity index (χ0v) is 70.2. The fourth-order valence-corrected chi connectivity index (χ4v) is 33.5. The average molecular weight is 1580 g/mol. The van der Waals surface area contributed by atoms with Crippen molar-refractivity contribution in [3.05, 3.63) is 327 Å². The van der Waals surface area contributed by atoms with Gasteiger partial charge < -0.3 is 28.4 Å². The van der Waals surface area contributed by atoms with Gasteiger partial charge in [0, 0.05) is 130 Å². The maximum atomic E-state index is 7.70. The monoisotopic (exact) mass is 1580 g/mol. The van der Waals surface area contributed by atoms with E-state index in [0.29, 0.717) is 0 Å². The molecule has 0 spiro atoms. The van der Waals surface area contributed by atoms with E-state index in [0.717, 1.165) is 72.2 Å². The standard InChI is InChI=1S/C106H76B2N4O2S2Si2/c1-105(2,3)75-36-17-32-71-73-34-19-44-84(103(73)113-101(71)75)111-81-42-24-48-90-97(81)108-98-82(43-25-49-91(98)117(90,7)64-27-10-9-11-28-64)112(85-45-20-35-74-72-33-18-37-76(106(4,5)6)102(72)114-104(74)85)100-66(56-57-83(111)99(100)108)61-26-16-29-65(58-61)118(8)92-50-22-40-79-95(92)107-94-77(109(79)62-52-54-69-67-30-12-14-46-86(67)115-88(69)59-62)38-21-39-78(94)110(80-41-23-51-93(118)96(80)107)63-53-55-70-68-31-13-15-47-87(68)116-89(70)60-63/h9-60H,1-8H3. The van der Waals surface area contributed by atoms with Crippen LogP contribution >= 0.6 is 22.7 Å². The Kier molecular flexibility index (Phi) is 13.5. The molecule has 0 saturated heterocycles. The van der Waals surface area contributed by atoms with Crippen molar-refractivity contribution < 1.29 is 8.83 Å². The molecule has 0 fully saturated rings. The third-order valence-corrected chi connectivity index (χ3v) is 39.1. The maximum Gasteiger partial charge on any atom is 0.251 e. The molecule has 0 aliphatic carbocycles. The van der Waals surface area contributed by atoms with Crippen LogP contribution in [0.3, 0.4) is 0 Å². The van der Waals surface area contributed by atoms with Crippen LogP contribution in [0.1, 0.15) is 52.7 Å². The molecule has 26 rings (SSSR count). The number of hydrogen-bond acceptors (Lipinski definition) is 8. The number of nitrogens with zero attached hydrogens (tertiary/aromatic N) is 4. The quantitative estimate of drug-likeness (QED) is 0.148. The Bertz CT molecular complexity index is 7710. The lowest BCUT2D eigenvalue weighted by atomic mass is 9.33. The van der Waals surface area contributed by atoms with Crippen LogP contribution < -0.4 is 83.5 Å². The molecule has 20 aromatic rings. The van der Waals surface area contributed by atoms with E-state index in [4.69, 9.17) is 8.83 Å². The Morgan fingerprint density at radius 3 is 1.14 bits per heavy atom. The third-order valence-electron chi connectivity index (χ3n) is 27.8. The minimum atomic E-state index is -3.16.